The minimum absolute atomic E-state index is 0.0269. The van der Waals surface area contributed by atoms with Crippen molar-refractivity contribution in [1.29, 1.82) is 0 Å². The summed E-state index contributed by atoms with van der Waals surface area (Å²) in [6, 6.07) is 14.2. The van der Waals surface area contributed by atoms with Gasteiger partial charge in [-0.1, -0.05) is 30.3 Å². The normalized spacial score (nSPS) is 10.7. The molecule has 30 heavy (non-hydrogen) atoms. The third kappa shape index (κ3) is 4.79. The highest BCUT2D eigenvalue weighted by Crippen LogP contribution is 2.32. The summed E-state index contributed by atoms with van der Waals surface area (Å²) in [4.78, 5) is 12.2. The van der Waals surface area contributed by atoms with Gasteiger partial charge in [-0.2, -0.15) is 0 Å². The van der Waals surface area contributed by atoms with Crippen LogP contribution in [0.5, 0.6) is 5.75 Å². The van der Waals surface area contributed by atoms with E-state index >= 15 is 0 Å². The predicted octanol–water partition coefficient (Wildman–Crippen LogP) is 5.78. The fraction of sp³-hybridized carbons (Fsp3) is 0.174. The lowest BCUT2D eigenvalue weighted by Gasteiger charge is -2.14. The Hall–Kier alpha value is -2.93. The summed E-state index contributed by atoms with van der Waals surface area (Å²) in [6.07, 6.45) is -0.275. The minimum Gasteiger partial charge on any atom is -0.497 e. The molecule has 0 unspecified atom stereocenters. The molecular weight excluding hydrogens is 413 g/mol. The third-order valence-corrected chi connectivity index (χ3v) is 5.64. The van der Waals surface area contributed by atoms with Crippen LogP contribution in [0.25, 0.3) is 0 Å². The zero-order valence-corrected chi connectivity index (χ0v) is 17.2. The maximum atomic E-state index is 14.9. The second kappa shape index (κ2) is 9.71. The number of ether oxygens (including phenoxy) is 2. The molecule has 0 heterocycles. The van der Waals surface area contributed by atoms with E-state index in [-0.39, 0.29) is 28.0 Å². The minimum atomic E-state index is -1.18. The molecule has 156 valence electrons. The molecule has 3 aromatic rings. The Bertz CT molecular complexity index is 1050. The Kier molecular flexibility index (Phi) is 7.05. The monoisotopic (exact) mass is 432 g/mol. The average Bonchev–Trinajstić information content (AvgIpc) is 2.77. The van der Waals surface area contributed by atoms with E-state index in [1.807, 2.05) is 12.1 Å². The molecule has 0 radical (unpaired) electrons. The number of thioether (sulfide) groups is 1. The molecule has 7 heteroatoms. The Morgan fingerprint density at radius 3 is 2.30 bits per heavy atom. The molecule has 0 amide bonds. The van der Waals surface area contributed by atoms with Gasteiger partial charge < -0.3 is 9.47 Å². The zero-order valence-electron chi connectivity index (χ0n) is 16.4. The summed E-state index contributed by atoms with van der Waals surface area (Å²) in [5, 5.41) is 0. The van der Waals surface area contributed by atoms with Crippen molar-refractivity contribution in [3.63, 3.8) is 0 Å². The molecule has 0 fully saturated rings. The summed E-state index contributed by atoms with van der Waals surface area (Å²) in [5.41, 5.74) is 0.658. The van der Waals surface area contributed by atoms with Gasteiger partial charge >= 0.3 is 5.97 Å². The quantitative estimate of drug-likeness (QED) is 0.350. The van der Waals surface area contributed by atoms with Gasteiger partial charge in [0.2, 0.25) is 0 Å². The fourth-order valence-electron chi connectivity index (χ4n) is 2.93. The van der Waals surface area contributed by atoms with Crippen LogP contribution in [0.2, 0.25) is 0 Å². The lowest BCUT2D eigenvalue weighted by molar-refractivity contribution is 0.0598. The van der Waals surface area contributed by atoms with Gasteiger partial charge in [0.25, 0.3) is 0 Å². The van der Waals surface area contributed by atoms with E-state index in [9.17, 15) is 18.0 Å². The largest absolute Gasteiger partial charge is 0.497 e. The van der Waals surface area contributed by atoms with E-state index in [0.717, 1.165) is 24.4 Å². The summed E-state index contributed by atoms with van der Waals surface area (Å²) in [7, 11) is 2.71. The van der Waals surface area contributed by atoms with Crippen molar-refractivity contribution >= 4 is 17.7 Å². The van der Waals surface area contributed by atoms with Crippen LogP contribution in [-0.4, -0.2) is 20.2 Å². The van der Waals surface area contributed by atoms with Crippen molar-refractivity contribution in [2.24, 2.45) is 0 Å². The lowest BCUT2D eigenvalue weighted by atomic mass is 9.98. The molecule has 0 saturated heterocycles. The van der Waals surface area contributed by atoms with Gasteiger partial charge in [0.15, 0.2) is 11.6 Å². The number of carbonyl (C=O) groups excluding carboxylic acids is 1. The van der Waals surface area contributed by atoms with Gasteiger partial charge in [0.1, 0.15) is 11.6 Å². The van der Waals surface area contributed by atoms with E-state index < -0.39 is 23.4 Å². The topological polar surface area (TPSA) is 35.5 Å². The molecule has 3 nitrogen and oxygen atoms in total. The van der Waals surface area contributed by atoms with Crippen LogP contribution in [0.3, 0.4) is 0 Å². The lowest BCUT2D eigenvalue weighted by Crippen LogP contribution is -2.11. The molecule has 0 aliphatic heterocycles. The molecule has 0 saturated carbocycles. The van der Waals surface area contributed by atoms with E-state index in [1.54, 1.807) is 25.3 Å². The van der Waals surface area contributed by atoms with Gasteiger partial charge in [-0.05, 0) is 35.4 Å². The van der Waals surface area contributed by atoms with E-state index in [4.69, 9.17) is 9.47 Å². The highest BCUT2D eigenvalue weighted by atomic mass is 32.2. The van der Waals surface area contributed by atoms with Gasteiger partial charge in [-0.3, -0.25) is 0 Å². The highest BCUT2D eigenvalue weighted by molar-refractivity contribution is 7.98. The fourth-order valence-corrected chi connectivity index (χ4v) is 3.86. The predicted molar refractivity (Wildman–Crippen MR) is 109 cm³/mol. The molecule has 0 aliphatic carbocycles. The van der Waals surface area contributed by atoms with Crippen molar-refractivity contribution in [3.05, 3.63) is 94.3 Å². The van der Waals surface area contributed by atoms with Crippen molar-refractivity contribution in [3.8, 4) is 5.75 Å². The van der Waals surface area contributed by atoms with Gasteiger partial charge in [0.05, 0.1) is 19.8 Å². The Balaban J connectivity index is 1.94. The molecule has 0 aliphatic rings. The van der Waals surface area contributed by atoms with Gasteiger partial charge in [-0.15, -0.1) is 11.8 Å². The number of carbonyl (C=O) groups is 1. The van der Waals surface area contributed by atoms with Crippen molar-refractivity contribution in [2.45, 2.75) is 17.1 Å². The third-order valence-electron chi connectivity index (χ3n) is 4.56. The maximum absolute atomic E-state index is 14.9. The zero-order chi connectivity index (χ0) is 21.7. The molecule has 0 spiro atoms. The average molecular weight is 432 g/mol. The first-order valence-electron chi connectivity index (χ1n) is 9.03. The van der Waals surface area contributed by atoms with E-state index in [0.29, 0.717) is 11.5 Å². The molecule has 0 bridgehead atoms. The smallest absolute Gasteiger partial charge is 0.338 e. The van der Waals surface area contributed by atoms with Crippen molar-refractivity contribution in [2.75, 3.05) is 14.2 Å². The summed E-state index contributed by atoms with van der Waals surface area (Å²) < 4.78 is 53.6. The standard InChI is InChI=1S/C23H19F3O3S/c1-28-16-9-7-14(8-10-16)13-30-20-12-18(23(27)29-2)17(21(25)22(20)26)11-15-5-3-4-6-19(15)24/h3-10,12H,11,13H2,1-2H3. The van der Waals surface area contributed by atoms with Crippen LogP contribution in [0.15, 0.2) is 59.5 Å². The number of esters is 1. The molecule has 0 atom stereocenters. The Morgan fingerprint density at radius 2 is 1.67 bits per heavy atom. The molecule has 3 rings (SSSR count). The van der Waals surface area contributed by atoms with Crippen LogP contribution in [0, 0.1) is 17.5 Å². The van der Waals surface area contributed by atoms with Crippen LogP contribution >= 0.6 is 11.8 Å². The summed E-state index contributed by atoms with van der Waals surface area (Å²) in [6.45, 7) is 0. The van der Waals surface area contributed by atoms with Crippen LogP contribution in [-0.2, 0) is 16.9 Å². The number of rotatable bonds is 7. The van der Waals surface area contributed by atoms with E-state index in [1.165, 1.54) is 24.3 Å². The molecule has 0 aromatic heterocycles. The van der Waals surface area contributed by atoms with Gasteiger partial charge in [-0.25, -0.2) is 18.0 Å². The van der Waals surface area contributed by atoms with Crippen LogP contribution in [0.1, 0.15) is 27.0 Å². The number of benzene rings is 3. The Labute approximate surface area is 176 Å². The van der Waals surface area contributed by atoms with Gasteiger partial charge in [0, 0.05) is 22.6 Å². The second-order valence-electron chi connectivity index (χ2n) is 6.43. The Morgan fingerprint density at radius 1 is 0.967 bits per heavy atom. The maximum Gasteiger partial charge on any atom is 0.338 e. The first kappa shape index (κ1) is 21.8. The molecular formula is C23H19F3O3S. The SMILES string of the molecule is COC(=O)c1cc(SCc2ccc(OC)cc2)c(F)c(F)c1Cc1ccccc1F. The van der Waals surface area contributed by atoms with Crippen molar-refractivity contribution in [1.82, 2.24) is 0 Å². The first-order chi connectivity index (χ1) is 14.4. The number of hydrogen-bond donors (Lipinski definition) is 0. The summed E-state index contributed by atoms with van der Waals surface area (Å²) >= 11 is 1.05. The summed E-state index contributed by atoms with van der Waals surface area (Å²) in [5.74, 6) is -2.59. The van der Waals surface area contributed by atoms with Crippen molar-refractivity contribution < 1.29 is 27.4 Å². The van der Waals surface area contributed by atoms with Crippen LogP contribution in [0.4, 0.5) is 13.2 Å². The number of hydrogen-bond acceptors (Lipinski definition) is 4. The highest BCUT2D eigenvalue weighted by Gasteiger charge is 2.24. The number of methoxy groups -OCH3 is 2. The first-order valence-corrected chi connectivity index (χ1v) is 10.0. The number of halogens is 3. The van der Waals surface area contributed by atoms with E-state index in [2.05, 4.69) is 0 Å². The molecule has 3 aromatic carbocycles. The van der Waals surface area contributed by atoms with Crippen LogP contribution < -0.4 is 4.74 Å². The molecule has 0 N–H and O–H groups in total. The second-order valence-corrected chi connectivity index (χ2v) is 7.44.